The lowest BCUT2D eigenvalue weighted by atomic mass is 10.0. The number of ketones is 1. The average Bonchev–Trinajstić information content (AvgIpc) is 2.75. The maximum absolute atomic E-state index is 13.0. The minimum absolute atomic E-state index is 0.140. The fraction of sp³-hybridized carbons (Fsp3) is 0.0435. The average molecular weight is 453 g/mol. The molecule has 7 heteroatoms. The minimum atomic E-state index is -1.68. The predicted molar refractivity (Wildman–Crippen MR) is 122 cm³/mol. The molecule has 2 aromatic carbocycles. The van der Waals surface area contributed by atoms with Crippen molar-refractivity contribution in [3.05, 3.63) is 98.1 Å². The normalized spacial score (nSPS) is 16.4. The summed E-state index contributed by atoms with van der Waals surface area (Å²) in [6.45, 7) is 0. The standard InChI is InChI=1S/C23H14Cl2N2O2S/c24-19-8-6-17(12-20(19)25)13-22-23(28)18-11-15(7-9-21(18)27-30(22)29)3-1-4-16-5-2-10-26-14-16/h2,5-14,27H,4H2/b22-13+. The summed E-state index contributed by atoms with van der Waals surface area (Å²) >= 11 is 10.3. The van der Waals surface area contributed by atoms with Crippen molar-refractivity contribution in [3.8, 4) is 11.8 Å². The van der Waals surface area contributed by atoms with Crippen LogP contribution in [0.5, 0.6) is 0 Å². The topological polar surface area (TPSA) is 65.0 Å². The van der Waals surface area contributed by atoms with Crippen molar-refractivity contribution < 1.29 is 9.35 Å². The van der Waals surface area contributed by atoms with Crippen LogP contribution < -0.4 is 4.72 Å². The highest BCUT2D eigenvalue weighted by Crippen LogP contribution is 2.32. The van der Waals surface area contributed by atoms with Crippen molar-refractivity contribution in [3.63, 3.8) is 0 Å². The summed E-state index contributed by atoms with van der Waals surface area (Å²) < 4.78 is 15.4. The molecular weight excluding hydrogens is 439 g/mol. The zero-order chi connectivity index (χ0) is 21.1. The molecule has 1 aromatic heterocycles. The zero-order valence-electron chi connectivity index (χ0n) is 15.5. The number of hydrogen-bond donors (Lipinski definition) is 1. The summed E-state index contributed by atoms with van der Waals surface area (Å²) in [5, 5.41) is 0.771. The highest BCUT2D eigenvalue weighted by atomic mass is 35.5. The summed E-state index contributed by atoms with van der Waals surface area (Å²) in [6, 6.07) is 14.0. The van der Waals surface area contributed by atoms with Crippen LogP contribution in [0.3, 0.4) is 0 Å². The van der Waals surface area contributed by atoms with Gasteiger partial charge in [-0.25, -0.2) is 4.72 Å². The van der Waals surface area contributed by atoms with Gasteiger partial charge in [0, 0.05) is 30.5 Å². The maximum atomic E-state index is 13.0. The minimum Gasteiger partial charge on any atom is -0.588 e. The van der Waals surface area contributed by atoms with Crippen molar-refractivity contribution in [2.75, 3.05) is 4.72 Å². The SMILES string of the molecule is O=C1/C(=C\c2ccc(Cl)c(Cl)c2)[S+]([O-])Nc2ccc(C#CCc3cccnc3)cc21. The second-order valence-corrected chi connectivity index (χ2v) is 8.48. The number of carbonyl (C=O) groups is 1. The zero-order valence-corrected chi connectivity index (χ0v) is 17.8. The van der Waals surface area contributed by atoms with Gasteiger partial charge in [-0.3, -0.25) is 9.78 Å². The first-order valence-corrected chi connectivity index (χ1v) is 10.8. The van der Waals surface area contributed by atoms with E-state index in [1.165, 1.54) is 0 Å². The number of halogens is 2. The summed E-state index contributed by atoms with van der Waals surface area (Å²) in [7, 11) is 0. The number of rotatable bonds is 2. The Labute approximate surface area is 187 Å². The van der Waals surface area contributed by atoms with Crippen LogP contribution in [0, 0.1) is 11.8 Å². The number of hydrogen-bond acceptors (Lipinski definition) is 4. The Morgan fingerprint density at radius 3 is 2.77 bits per heavy atom. The van der Waals surface area contributed by atoms with E-state index in [4.69, 9.17) is 23.2 Å². The lowest BCUT2D eigenvalue weighted by Gasteiger charge is -2.21. The quantitative estimate of drug-likeness (QED) is 0.325. The molecule has 1 unspecified atom stereocenters. The first-order valence-electron chi connectivity index (χ1n) is 8.93. The molecule has 3 aromatic rings. The van der Waals surface area contributed by atoms with Gasteiger partial charge in [0.2, 0.25) is 10.7 Å². The van der Waals surface area contributed by atoms with E-state index in [0.717, 1.165) is 5.56 Å². The van der Waals surface area contributed by atoms with E-state index in [1.54, 1.807) is 54.9 Å². The van der Waals surface area contributed by atoms with Gasteiger partial charge in [0.15, 0.2) is 0 Å². The molecule has 0 amide bonds. The van der Waals surface area contributed by atoms with Crippen LogP contribution in [0.4, 0.5) is 5.69 Å². The number of nitrogens with zero attached hydrogens (tertiary/aromatic N) is 1. The summed E-state index contributed by atoms with van der Waals surface area (Å²) in [5.41, 5.74) is 3.30. The second kappa shape index (κ2) is 8.95. The van der Waals surface area contributed by atoms with Gasteiger partial charge in [0.05, 0.1) is 21.3 Å². The molecule has 4 nitrogen and oxygen atoms in total. The third kappa shape index (κ3) is 4.53. The molecular formula is C23H14Cl2N2O2S. The number of allylic oxidation sites excluding steroid dienone is 1. The number of benzene rings is 2. The first kappa shape index (κ1) is 20.5. The maximum Gasteiger partial charge on any atom is 0.245 e. The van der Waals surface area contributed by atoms with Gasteiger partial charge in [-0.05, 0) is 47.5 Å². The summed E-state index contributed by atoms with van der Waals surface area (Å²) in [6.07, 6.45) is 5.59. The number of carbonyl (C=O) groups excluding carboxylic acids is 1. The molecule has 148 valence electrons. The summed E-state index contributed by atoms with van der Waals surface area (Å²) in [5.74, 6) is 5.84. The molecule has 1 aliphatic heterocycles. The Kier molecular flexibility index (Phi) is 6.12. The van der Waals surface area contributed by atoms with Gasteiger partial charge < -0.3 is 4.55 Å². The van der Waals surface area contributed by atoms with Crippen molar-refractivity contribution in [2.45, 2.75) is 6.42 Å². The Bertz CT molecular complexity index is 1220. The van der Waals surface area contributed by atoms with Gasteiger partial charge in [0.1, 0.15) is 11.4 Å². The Morgan fingerprint density at radius 2 is 2.00 bits per heavy atom. The second-order valence-electron chi connectivity index (χ2n) is 6.48. The van der Waals surface area contributed by atoms with Crippen molar-refractivity contribution >= 4 is 52.1 Å². The number of anilines is 1. The summed E-state index contributed by atoms with van der Waals surface area (Å²) in [4.78, 5) is 17.2. The van der Waals surface area contributed by atoms with Crippen LogP contribution in [0.25, 0.3) is 6.08 Å². The molecule has 0 spiro atoms. The molecule has 0 radical (unpaired) electrons. The van der Waals surface area contributed by atoms with Crippen molar-refractivity contribution in [2.24, 2.45) is 0 Å². The van der Waals surface area contributed by atoms with Crippen LogP contribution in [0.1, 0.15) is 27.0 Å². The first-order chi connectivity index (χ1) is 14.5. The van der Waals surface area contributed by atoms with Crippen molar-refractivity contribution in [1.29, 1.82) is 0 Å². The molecule has 0 saturated heterocycles. The largest absolute Gasteiger partial charge is 0.588 e. The lowest BCUT2D eigenvalue weighted by Crippen LogP contribution is -2.27. The van der Waals surface area contributed by atoms with E-state index >= 15 is 0 Å². The Morgan fingerprint density at radius 1 is 1.13 bits per heavy atom. The van der Waals surface area contributed by atoms with Gasteiger partial charge >= 0.3 is 0 Å². The van der Waals surface area contributed by atoms with Gasteiger partial charge in [0.25, 0.3) is 0 Å². The van der Waals surface area contributed by atoms with Crippen molar-refractivity contribution in [1.82, 2.24) is 4.98 Å². The van der Waals surface area contributed by atoms with E-state index in [9.17, 15) is 9.35 Å². The molecule has 0 saturated carbocycles. The number of fused-ring (bicyclic) bond motifs is 1. The third-order valence-corrected chi connectivity index (χ3v) is 6.23. The van der Waals surface area contributed by atoms with E-state index in [-0.39, 0.29) is 10.7 Å². The van der Waals surface area contributed by atoms with Gasteiger partial charge in [-0.2, -0.15) is 0 Å². The fourth-order valence-corrected chi connectivity index (χ4v) is 4.21. The molecule has 1 atom stereocenters. The molecule has 0 fully saturated rings. The van der Waals surface area contributed by atoms with Gasteiger partial charge in [-0.15, -0.1) is 0 Å². The van der Waals surface area contributed by atoms with Crippen LogP contribution in [0.2, 0.25) is 10.0 Å². The molecule has 4 rings (SSSR count). The molecule has 30 heavy (non-hydrogen) atoms. The molecule has 1 N–H and O–H groups in total. The number of aromatic nitrogens is 1. The fourth-order valence-electron chi connectivity index (χ4n) is 2.89. The lowest BCUT2D eigenvalue weighted by molar-refractivity contribution is 0.104. The van der Waals surface area contributed by atoms with Crippen LogP contribution in [-0.4, -0.2) is 15.3 Å². The van der Waals surface area contributed by atoms with E-state index in [1.807, 2.05) is 12.1 Å². The van der Waals surface area contributed by atoms with Gasteiger partial charge in [-0.1, -0.05) is 47.2 Å². The predicted octanol–water partition coefficient (Wildman–Crippen LogP) is 5.30. The molecule has 2 heterocycles. The van der Waals surface area contributed by atoms with E-state index < -0.39 is 11.4 Å². The number of nitrogens with one attached hydrogen (secondary N) is 1. The van der Waals surface area contributed by atoms with Crippen LogP contribution in [-0.2, 0) is 17.8 Å². The highest BCUT2D eigenvalue weighted by molar-refractivity contribution is 7.97. The van der Waals surface area contributed by atoms with E-state index in [0.29, 0.717) is 38.8 Å². The molecule has 0 bridgehead atoms. The third-order valence-electron chi connectivity index (χ3n) is 4.38. The van der Waals surface area contributed by atoms with Crippen LogP contribution >= 0.6 is 23.2 Å². The molecule has 1 aliphatic rings. The number of pyridine rings is 1. The number of Topliss-reactive ketones (excluding diaryl/α,β-unsaturated/α-hetero) is 1. The van der Waals surface area contributed by atoms with Crippen LogP contribution in [0.15, 0.2) is 65.8 Å². The molecule has 0 aliphatic carbocycles. The Hall–Kier alpha value is -2.75. The highest BCUT2D eigenvalue weighted by Gasteiger charge is 2.33. The Balaban J connectivity index is 1.61. The van der Waals surface area contributed by atoms with E-state index in [2.05, 4.69) is 21.5 Å². The monoisotopic (exact) mass is 452 g/mol. The smallest absolute Gasteiger partial charge is 0.245 e.